The van der Waals surface area contributed by atoms with Gasteiger partial charge in [-0.05, 0) is 42.4 Å². The summed E-state index contributed by atoms with van der Waals surface area (Å²) in [4.78, 5) is 27.5. The number of carbonyl (C=O) groups is 2. The minimum absolute atomic E-state index is 0.0989. The molecular weight excluding hydrogens is 276 g/mol. The highest BCUT2D eigenvalue weighted by Gasteiger charge is 2.22. The van der Waals surface area contributed by atoms with Crippen LogP contribution in [0.1, 0.15) is 36.5 Å². The van der Waals surface area contributed by atoms with E-state index in [4.69, 9.17) is 0 Å². The lowest BCUT2D eigenvalue weighted by Crippen LogP contribution is -2.50. The summed E-state index contributed by atoms with van der Waals surface area (Å²) in [6, 6.07) is 6.52. The van der Waals surface area contributed by atoms with Gasteiger partial charge in [0.25, 0.3) is 0 Å². The van der Waals surface area contributed by atoms with Crippen LogP contribution in [0.4, 0.5) is 0 Å². The quantitative estimate of drug-likeness (QED) is 0.835. The largest absolute Gasteiger partial charge is 0.339 e. The van der Waals surface area contributed by atoms with E-state index in [-0.39, 0.29) is 11.8 Å². The molecule has 118 valence electrons. The third-order valence-corrected chi connectivity index (χ3v) is 4.85. The molecular formula is C18H24N2O2. The number of amides is 2. The lowest BCUT2D eigenvalue weighted by Gasteiger charge is -2.34. The summed E-state index contributed by atoms with van der Waals surface area (Å²) < 4.78 is 0. The number of piperazine rings is 1. The van der Waals surface area contributed by atoms with E-state index in [1.807, 2.05) is 9.80 Å². The first kappa shape index (κ1) is 15.1. The predicted octanol–water partition coefficient (Wildman–Crippen LogP) is 1.80. The van der Waals surface area contributed by atoms with E-state index in [2.05, 4.69) is 18.2 Å². The molecule has 22 heavy (non-hydrogen) atoms. The van der Waals surface area contributed by atoms with Crippen molar-refractivity contribution in [1.82, 2.24) is 9.80 Å². The Balaban J connectivity index is 1.59. The minimum Gasteiger partial charge on any atom is -0.339 e. The highest BCUT2D eigenvalue weighted by molar-refractivity contribution is 5.79. The molecule has 0 atom stereocenters. The maximum atomic E-state index is 12.4. The first-order valence-corrected chi connectivity index (χ1v) is 8.27. The highest BCUT2D eigenvalue weighted by Crippen LogP contribution is 2.22. The SMILES string of the molecule is CC(=O)N1CCN(C(=O)Cc2ccc3c(c2)CCCC3)CC1. The molecule has 3 rings (SSSR count). The van der Waals surface area contributed by atoms with Gasteiger partial charge in [0.1, 0.15) is 0 Å². The van der Waals surface area contributed by atoms with Crippen molar-refractivity contribution < 1.29 is 9.59 Å². The smallest absolute Gasteiger partial charge is 0.227 e. The fourth-order valence-corrected chi connectivity index (χ4v) is 3.45. The Kier molecular flexibility index (Phi) is 4.46. The Labute approximate surface area is 132 Å². The monoisotopic (exact) mass is 300 g/mol. The van der Waals surface area contributed by atoms with Crippen LogP contribution in [0.5, 0.6) is 0 Å². The van der Waals surface area contributed by atoms with Crippen molar-refractivity contribution in [2.24, 2.45) is 0 Å². The van der Waals surface area contributed by atoms with Crippen molar-refractivity contribution in [2.75, 3.05) is 26.2 Å². The Morgan fingerprint density at radius 1 is 0.955 bits per heavy atom. The molecule has 0 bridgehead atoms. The van der Waals surface area contributed by atoms with Gasteiger partial charge in [-0.15, -0.1) is 0 Å². The normalized spacial score (nSPS) is 18.0. The first-order chi connectivity index (χ1) is 10.6. The highest BCUT2D eigenvalue weighted by atomic mass is 16.2. The van der Waals surface area contributed by atoms with Gasteiger partial charge >= 0.3 is 0 Å². The Bertz CT molecular complexity index is 574. The second-order valence-corrected chi connectivity index (χ2v) is 6.37. The van der Waals surface area contributed by atoms with Crippen molar-refractivity contribution in [2.45, 2.75) is 39.0 Å². The van der Waals surface area contributed by atoms with E-state index in [9.17, 15) is 9.59 Å². The van der Waals surface area contributed by atoms with Gasteiger partial charge in [0.2, 0.25) is 11.8 Å². The summed E-state index contributed by atoms with van der Waals surface area (Å²) >= 11 is 0. The average Bonchev–Trinajstić information content (AvgIpc) is 2.55. The number of nitrogens with zero attached hydrogens (tertiary/aromatic N) is 2. The maximum Gasteiger partial charge on any atom is 0.227 e. The van der Waals surface area contributed by atoms with Crippen LogP contribution >= 0.6 is 0 Å². The molecule has 1 aromatic rings. The summed E-state index contributed by atoms with van der Waals surface area (Å²) in [5.74, 6) is 0.278. The molecule has 1 heterocycles. The molecule has 4 heteroatoms. The average molecular weight is 300 g/mol. The Hall–Kier alpha value is -1.84. The van der Waals surface area contributed by atoms with Gasteiger partial charge in [-0.3, -0.25) is 9.59 Å². The van der Waals surface area contributed by atoms with Crippen LogP contribution in [0, 0.1) is 0 Å². The van der Waals surface area contributed by atoms with Crippen LogP contribution in [0.25, 0.3) is 0 Å². The maximum absolute atomic E-state index is 12.4. The zero-order valence-corrected chi connectivity index (χ0v) is 13.3. The van der Waals surface area contributed by atoms with Gasteiger partial charge < -0.3 is 9.80 Å². The molecule has 2 aliphatic rings. The summed E-state index contributed by atoms with van der Waals surface area (Å²) in [5, 5.41) is 0. The number of fused-ring (bicyclic) bond motifs is 1. The van der Waals surface area contributed by atoms with Crippen LogP contribution in [0.2, 0.25) is 0 Å². The molecule has 0 unspecified atom stereocenters. The summed E-state index contributed by atoms with van der Waals surface area (Å²) in [7, 11) is 0. The molecule has 1 saturated heterocycles. The second-order valence-electron chi connectivity index (χ2n) is 6.37. The van der Waals surface area contributed by atoms with E-state index in [0.29, 0.717) is 32.6 Å². The molecule has 0 N–H and O–H groups in total. The summed E-state index contributed by atoms with van der Waals surface area (Å²) in [5.41, 5.74) is 4.01. The van der Waals surface area contributed by atoms with Gasteiger partial charge in [0.05, 0.1) is 6.42 Å². The van der Waals surface area contributed by atoms with Gasteiger partial charge in [-0.2, -0.15) is 0 Å². The number of aryl methyl sites for hydroxylation is 2. The number of hydrogen-bond acceptors (Lipinski definition) is 2. The Morgan fingerprint density at radius 3 is 2.27 bits per heavy atom. The standard InChI is InChI=1S/C18H24N2O2/c1-14(21)19-8-10-20(11-9-19)18(22)13-15-6-7-16-4-2-3-5-17(16)12-15/h6-7,12H,2-5,8-11,13H2,1H3. The zero-order chi connectivity index (χ0) is 15.5. The molecule has 1 aliphatic carbocycles. The number of hydrogen-bond donors (Lipinski definition) is 0. The summed E-state index contributed by atoms with van der Waals surface area (Å²) in [6.45, 7) is 4.22. The van der Waals surface area contributed by atoms with E-state index in [1.165, 1.54) is 30.4 Å². The summed E-state index contributed by atoms with van der Waals surface area (Å²) in [6.07, 6.45) is 5.35. The van der Waals surface area contributed by atoms with Crippen molar-refractivity contribution in [3.05, 3.63) is 34.9 Å². The van der Waals surface area contributed by atoms with Crippen LogP contribution in [-0.2, 0) is 28.9 Å². The molecule has 1 aromatic carbocycles. The second kappa shape index (κ2) is 6.51. The number of carbonyl (C=O) groups excluding carboxylic acids is 2. The molecule has 2 amide bonds. The number of rotatable bonds is 2. The first-order valence-electron chi connectivity index (χ1n) is 8.27. The zero-order valence-electron chi connectivity index (χ0n) is 13.3. The fraction of sp³-hybridized carbons (Fsp3) is 0.556. The molecule has 1 fully saturated rings. The van der Waals surface area contributed by atoms with Gasteiger partial charge in [-0.25, -0.2) is 0 Å². The van der Waals surface area contributed by atoms with Gasteiger partial charge in [0.15, 0.2) is 0 Å². The van der Waals surface area contributed by atoms with Crippen LogP contribution in [-0.4, -0.2) is 47.8 Å². The Morgan fingerprint density at radius 2 is 1.59 bits per heavy atom. The van der Waals surface area contributed by atoms with Gasteiger partial charge in [0, 0.05) is 33.1 Å². The predicted molar refractivity (Wildman–Crippen MR) is 85.6 cm³/mol. The molecule has 0 aromatic heterocycles. The van der Waals surface area contributed by atoms with Crippen LogP contribution in [0.15, 0.2) is 18.2 Å². The van der Waals surface area contributed by atoms with Crippen molar-refractivity contribution in [3.63, 3.8) is 0 Å². The third-order valence-electron chi connectivity index (χ3n) is 4.85. The van der Waals surface area contributed by atoms with E-state index < -0.39 is 0 Å². The van der Waals surface area contributed by atoms with Crippen molar-refractivity contribution in [3.8, 4) is 0 Å². The van der Waals surface area contributed by atoms with Crippen LogP contribution < -0.4 is 0 Å². The van der Waals surface area contributed by atoms with E-state index in [1.54, 1.807) is 6.92 Å². The van der Waals surface area contributed by atoms with Crippen molar-refractivity contribution in [1.29, 1.82) is 0 Å². The van der Waals surface area contributed by atoms with Crippen LogP contribution in [0.3, 0.4) is 0 Å². The molecule has 0 radical (unpaired) electrons. The van der Waals surface area contributed by atoms with Crippen molar-refractivity contribution >= 4 is 11.8 Å². The molecule has 0 spiro atoms. The van der Waals surface area contributed by atoms with Gasteiger partial charge in [-0.1, -0.05) is 18.2 Å². The lowest BCUT2D eigenvalue weighted by atomic mass is 9.90. The minimum atomic E-state index is 0.0989. The fourth-order valence-electron chi connectivity index (χ4n) is 3.45. The molecule has 0 saturated carbocycles. The topological polar surface area (TPSA) is 40.6 Å². The third kappa shape index (κ3) is 3.32. The number of benzene rings is 1. The molecule has 4 nitrogen and oxygen atoms in total. The van der Waals surface area contributed by atoms with E-state index >= 15 is 0 Å². The lowest BCUT2D eigenvalue weighted by molar-refractivity contribution is -0.138. The van der Waals surface area contributed by atoms with E-state index in [0.717, 1.165) is 12.0 Å². The molecule has 1 aliphatic heterocycles.